The summed E-state index contributed by atoms with van der Waals surface area (Å²) in [5.74, 6) is -0.377. The highest BCUT2D eigenvalue weighted by atomic mass is 16.5. The molecule has 0 spiro atoms. The van der Waals surface area contributed by atoms with Crippen LogP contribution in [-0.4, -0.2) is 37.5 Å². The minimum absolute atomic E-state index is 0.0226. The van der Waals surface area contributed by atoms with Gasteiger partial charge in [0.1, 0.15) is 12.0 Å². The average Bonchev–Trinajstić information content (AvgIpc) is 3.26. The van der Waals surface area contributed by atoms with Gasteiger partial charge in [0.15, 0.2) is 0 Å². The van der Waals surface area contributed by atoms with E-state index in [4.69, 9.17) is 10.3 Å². The second kappa shape index (κ2) is 7.71. The molecule has 8 nitrogen and oxygen atoms in total. The Morgan fingerprint density at radius 2 is 2.08 bits per heavy atom. The van der Waals surface area contributed by atoms with Crippen LogP contribution in [0.25, 0.3) is 0 Å². The summed E-state index contributed by atoms with van der Waals surface area (Å²) in [5.41, 5.74) is 8.05. The normalized spacial score (nSPS) is 12.4. The molecule has 0 bridgehead atoms. The molecule has 8 heteroatoms. The van der Waals surface area contributed by atoms with Crippen LogP contribution in [0.5, 0.6) is 0 Å². The van der Waals surface area contributed by atoms with Crippen molar-refractivity contribution < 1.29 is 9.32 Å². The van der Waals surface area contributed by atoms with Gasteiger partial charge in [0.05, 0.1) is 25.0 Å². The maximum atomic E-state index is 11.5. The van der Waals surface area contributed by atoms with Crippen molar-refractivity contribution in [2.75, 3.05) is 6.54 Å². The monoisotopic (exact) mass is 340 g/mol. The second-order valence-corrected chi connectivity index (χ2v) is 5.86. The largest absolute Gasteiger partial charge is 0.369 e. The van der Waals surface area contributed by atoms with E-state index in [9.17, 15) is 4.79 Å². The van der Waals surface area contributed by atoms with Crippen LogP contribution < -0.4 is 5.73 Å². The van der Waals surface area contributed by atoms with E-state index in [1.54, 1.807) is 10.7 Å². The van der Waals surface area contributed by atoms with Crippen LogP contribution in [-0.2, 0) is 17.9 Å². The fourth-order valence-electron chi connectivity index (χ4n) is 2.65. The number of rotatable bonds is 8. The van der Waals surface area contributed by atoms with Crippen molar-refractivity contribution in [2.45, 2.75) is 26.1 Å². The summed E-state index contributed by atoms with van der Waals surface area (Å²) in [5, 5.41) is 12.1. The highest BCUT2D eigenvalue weighted by Crippen LogP contribution is 2.21. The fourth-order valence-corrected chi connectivity index (χ4v) is 2.65. The van der Waals surface area contributed by atoms with Crippen molar-refractivity contribution in [1.29, 1.82) is 0 Å². The summed E-state index contributed by atoms with van der Waals surface area (Å²) < 4.78 is 6.49. The van der Waals surface area contributed by atoms with E-state index >= 15 is 0 Å². The van der Waals surface area contributed by atoms with E-state index < -0.39 is 0 Å². The lowest BCUT2D eigenvalue weighted by Gasteiger charge is -2.27. The molecule has 3 aromatic rings. The minimum Gasteiger partial charge on any atom is -0.369 e. The SMILES string of the molecule is C[C@H](c1ccccc1)N(CC(N)=O)Cc1cn(Cc2ccon2)nn1. The van der Waals surface area contributed by atoms with Gasteiger partial charge in [-0.1, -0.05) is 40.7 Å². The zero-order valence-electron chi connectivity index (χ0n) is 13.9. The molecule has 1 amide bonds. The van der Waals surface area contributed by atoms with Crippen molar-refractivity contribution in [2.24, 2.45) is 5.73 Å². The Kier molecular flexibility index (Phi) is 5.20. The van der Waals surface area contributed by atoms with Crippen LogP contribution in [0.4, 0.5) is 0 Å². The summed E-state index contributed by atoms with van der Waals surface area (Å²) >= 11 is 0. The van der Waals surface area contributed by atoms with E-state index in [0.29, 0.717) is 13.1 Å². The number of carbonyl (C=O) groups excluding carboxylic acids is 1. The number of aromatic nitrogens is 4. The van der Waals surface area contributed by atoms with Gasteiger partial charge < -0.3 is 10.3 Å². The molecule has 0 aliphatic heterocycles. The van der Waals surface area contributed by atoms with Gasteiger partial charge in [0.25, 0.3) is 0 Å². The lowest BCUT2D eigenvalue weighted by molar-refractivity contribution is -0.119. The average molecular weight is 340 g/mol. The van der Waals surface area contributed by atoms with Crippen LogP contribution >= 0.6 is 0 Å². The van der Waals surface area contributed by atoms with Crippen molar-refractivity contribution in [1.82, 2.24) is 25.1 Å². The predicted molar refractivity (Wildman–Crippen MR) is 90.1 cm³/mol. The quantitative estimate of drug-likeness (QED) is 0.664. The molecule has 25 heavy (non-hydrogen) atoms. The van der Waals surface area contributed by atoms with Gasteiger partial charge in [-0.15, -0.1) is 5.10 Å². The molecule has 1 atom stereocenters. The van der Waals surface area contributed by atoms with E-state index in [2.05, 4.69) is 15.5 Å². The van der Waals surface area contributed by atoms with Crippen LogP contribution in [0.3, 0.4) is 0 Å². The standard InChI is InChI=1S/C17H20N6O2/c1-13(14-5-3-2-4-6-14)22(12-17(18)24)9-16-11-23(21-19-16)10-15-7-8-25-20-15/h2-8,11,13H,9-10,12H2,1H3,(H2,18,24)/t13-/m1/s1. The Morgan fingerprint density at radius 3 is 2.76 bits per heavy atom. The molecule has 0 unspecified atom stereocenters. The topological polar surface area (TPSA) is 103 Å². The number of nitrogens with zero attached hydrogens (tertiary/aromatic N) is 5. The Labute approximate surface area is 145 Å². The molecular weight excluding hydrogens is 320 g/mol. The Balaban J connectivity index is 1.72. The predicted octanol–water partition coefficient (Wildman–Crippen LogP) is 1.36. The number of carbonyl (C=O) groups is 1. The van der Waals surface area contributed by atoms with E-state index in [-0.39, 0.29) is 18.5 Å². The molecule has 2 heterocycles. The van der Waals surface area contributed by atoms with Gasteiger partial charge in [-0.2, -0.15) is 0 Å². The maximum absolute atomic E-state index is 11.5. The first-order valence-corrected chi connectivity index (χ1v) is 7.97. The molecule has 3 rings (SSSR count). The smallest absolute Gasteiger partial charge is 0.231 e. The molecule has 1 aromatic carbocycles. The second-order valence-electron chi connectivity index (χ2n) is 5.86. The molecule has 2 aromatic heterocycles. The van der Waals surface area contributed by atoms with Crippen LogP contribution in [0, 0.1) is 0 Å². The molecule has 2 N–H and O–H groups in total. The lowest BCUT2D eigenvalue weighted by atomic mass is 10.1. The highest BCUT2D eigenvalue weighted by Gasteiger charge is 2.19. The van der Waals surface area contributed by atoms with Crippen LogP contribution in [0.1, 0.15) is 29.9 Å². The molecule has 0 saturated carbocycles. The summed E-state index contributed by atoms with van der Waals surface area (Å²) in [4.78, 5) is 13.4. The maximum Gasteiger partial charge on any atom is 0.231 e. The minimum atomic E-state index is -0.377. The third-order valence-corrected chi connectivity index (χ3v) is 3.96. The van der Waals surface area contributed by atoms with Gasteiger partial charge in [-0.3, -0.25) is 9.69 Å². The zero-order chi connectivity index (χ0) is 17.6. The summed E-state index contributed by atoms with van der Waals surface area (Å²) in [6, 6.07) is 11.8. The van der Waals surface area contributed by atoms with E-state index in [1.165, 1.54) is 6.26 Å². The van der Waals surface area contributed by atoms with E-state index in [1.807, 2.05) is 48.4 Å². The van der Waals surface area contributed by atoms with Crippen molar-refractivity contribution in [3.05, 3.63) is 65.8 Å². The Morgan fingerprint density at radius 1 is 1.28 bits per heavy atom. The van der Waals surface area contributed by atoms with Crippen molar-refractivity contribution in [3.63, 3.8) is 0 Å². The van der Waals surface area contributed by atoms with E-state index in [0.717, 1.165) is 17.0 Å². The van der Waals surface area contributed by atoms with Crippen LogP contribution in [0.2, 0.25) is 0 Å². The summed E-state index contributed by atoms with van der Waals surface area (Å²) in [7, 11) is 0. The first kappa shape index (κ1) is 16.8. The zero-order valence-corrected chi connectivity index (χ0v) is 13.9. The molecular formula is C17H20N6O2. The first-order chi connectivity index (χ1) is 12.1. The fraction of sp³-hybridized carbons (Fsp3) is 0.294. The molecule has 0 aliphatic rings. The molecule has 0 radical (unpaired) electrons. The van der Waals surface area contributed by atoms with Crippen LogP contribution in [0.15, 0.2) is 53.4 Å². The first-order valence-electron chi connectivity index (χ1n) is 7.97. The number of nitrogens with two attached hydrogens (primary N) is 1. The lowest BCUT2D eigenvalue weighted by Crippen LogP contribution is -2.35. The summed E-state index contributed by atoms with van der Waals surface area (Å²) in [6.45, 7) is 3.13. The van der Waals surface area contributed by atoms with Gasteiger partial charge >= 0.3 is 0 Å². The Bertz CT molecular complexity index is 800. The van der Waals surface area contributed by atoms with Crippen molar-refractivity contribution in [3.8, 4) is 0 Å². The van der Waals surface area contributed by atoms with Crippen molar-refractivity contribution >= 4 is 5.91 Å². The molecule has 0 saturated heterocycles. The summed E-state index contributed by atoms with van der Waals surface area (Å²) in [6.07, 6.45) is 3.35. The third-order valence-electron chi connectivity index (χ3n) is 3.96. The molecule has 0 fully saturated rings. The number of benzene rings is 1. The number of primary amides is 1. The Hall–Kier alpha value is -3.00. The van der Waals surface area contributed by atoms with Gasteiger partial charge in [0, 0.05) is 18.7 Å². The third kappa shape index (κ3) is 4.51. The molecule has 0 aliphatic carbocycles. The van der Waals surface area contributed by atoms with Gasteiger partial charge in [-0.25, -0.2) is 4.68 Å². The number of hydrogen-bond acceptors (Lipinski definition) is 6. The van der Waals surface area contributed by atoms with Gasteiger partial charge in [0.2, 0.25) is 5.91 Å². The molecule has 130 valence electrons. The highest BCUT2D eigenvalue weighted by molar-refractivity contribution is 5.76. The van der Waals surface area contributed by atoms with Gasteiger partial charge in [-0.05, 0) is 12.5 Å². The number of amides is 1. The number of hydrogen-bond donors (Lipinski definition) is 1.